The van der Waals surface area contributed by atoms with E-state index in [9.17, 15) is 0 Å². The quantitative estimate of drug-likeness (QED) is 0.784. The number of nitrogens with two attached hydrogens (primary N) is 1. The second-order valence-corrected chi connectivity index (χ2v) is 4.57. The van der Waals surface area contributed by atoms with Crippen LogP contribution < -0.4 is 10.5 Å². The normalized spacial score (nSPS) is 10.1. The number of aromatic nitrogens is 1. The number of pyridine rings is 1. The van der Waals surface area contributed by atoms with Crippen molar-refractivity contribution >= 4 is 29.1 Å². The summed E-state index contributed by atoms with van der Waals surface area (Å²) < 4.78 is 5.53. The highest BCUT2D eigenvalue weighted by Crippen LogP contribution is 2.29. The number of ether oxygens (including phenoxy) is 1. The Morgan fingerprint density at radius 1 is 1.05 bits per heavy atom. The lowest BCUT2D eigenvalue weighted by Crippen LogP contribution is -1.96. The molecule has 0 bridgehead atoms. The SMILES string of the molecule is CCOc1ccc2nc(N)c(-c3ccccc3)cc2c1.Cl. The van der Waals surface area contributed by atoms with Gasteiger partial charge in [-0.1, -0.05) is 30.3 Å². The van der Waals surface area contributed by atoms with Gasteiger partial charge in [0.25, 0.3) is 0 Å². The Labute approximate surface area is 130 Å². The minimum Gasteiger partial charge on any atom is -0.494 e. The van der Waals surface area contributed by atoms with Gasteiger partial charge >= 0.3 is 0 Å². The van der Waals surface area contributed by atoms with E-state index < -0.39 is 0 Å². The molecular formula is C17H17ClN2O. The van der Waals surface area contributed by atoms with Crippen LogP contribution in [0.5, 0.6) is 5.75 Å². The number of benzene rings is 2. The molecule has 108 valence electrons. The molecule has 0 atom stereocenters. The maximum Gasteiger partial charge on any atom is 0.131 e. The summed E-state index contributed by atoms with van der Waals surface area (Å²) in [4.78, 5) is 4.48. The highest BCUT2D eigenvalue weighted by molar-refractivity contribution is 5.89. The van der Waals surface area contributed by atoms with Crippen molar-refractivity contribution in [3.63, 3.8) is 0 Å². The van der Waals surface area contributed by atoms with Gasteiger partial charge in [-0.3, -0.25) is 0 Å². The first-order valence-corrected chi connectivity index (χ1v) is 6.66. The molecule has 2 N–H and O–H groups in total. The average molecular weight is 301 g/mol. The summed E-state index contributed by atoms with van der Waals surface area (Å²) in [6, 6.07) is 18.0. The predicted octanol–water partition coefficient (Wildman–Crippen LogP) is 4.30. The molecule has 1 aromatic heterocycles. The Balaban J connectivity index is 0.00000161. The molecule has 0 amide bonds. The summed E-state index contributed by atoms with van der Waals surface area (Å²) in [5, 5.41) is 1.03. The van der Waals surface area contributed by atoms with Crippen LogP contribution in [0.2, 0.25) is 0 Å². The molecule has 3 aromatic rings. The third-order valence-electron chi connectivity index (χ3n) is 3.21. The van der Waals surface area contributed by atoms with Crippen molar-refractivity contribution in [2.45, 2.75) is 6.92 Å². The fraction of sp³-hybridized carbons (Fsp3) is 0.118. The topological polar surface area (TPSA) is 48.1 Å². The van der Waals surface area contributed by atoms with Crippen molar-refractivity contribution in [1.82, 2.24) is 4.98 Å². The first-order valence-electron chi connectivity index (χ1n) is 6.66. The number of nitrogen functional groups attached to an aromatic ring is 1. The van der Waals surface area contributed by atoms with Gasteiger partial charge in [0.1, 0.15) is 11.6 Å². The standard InChI is InChI=1S/C17H16N2O.ClH/c1-2-20-14-8-9-16-13(10-14)11-15(17(18)19-16)12-6-4-3-5-7-12;/h3-11H,2H2,1H3,(H2,18,19);1H. The number of fused-ring (bicyclic) bond motifs is 1. The van der Waals surface area contributed by atoms with Gasteiger partial charge in [-0.15, -0.1) is 12.4 Å². The molecule has 0 spiro atoms. The molecule has 0 aliphatic rings. The zero-order chi connectivity index (χ0) is 13.9. The molecule has 1 heterocycles. The Kier molecular flexibility index (Phi) is 4.66. The molecule has 4 heteroatoms. The van der Waals surface area contributed by atoms with Crippen LogP contribution in [-0.2, 0) is 0 Å². The van der Waals surface area contributed by atoms with Gasteiger partial charge in [-0.2, -0.15) is 0 Å². The van der Waals surface area contributed by atoms with E-state index in [1.54, 1.807) is 0 Å². The Morgan fingerprint density at radius 2 is 1.81 bits per heavy atom. The van der Waals surface area contributed by atoms with E-state index in [0.29, 0.717) is 12.4 Å². The average Bonchev–Trinajstić information content (AvgIpc) is 2.48. The maximum absolute atomic E-state index is 6.07. The van der Waals surface area contributed by atoms with Crippen LogP contribution in [0.4, 0.5) is 5.82 Å². The Morgan fingerprint density at radius 3 is 2.52 bits per heavy atom. The molecule has 0 aliphatic heterocycles. The number of nitrogens with zero attached hydrogens (tertiary/aromatic N) is 1. The molecule has 0 saturated carbocycles. The zero-order valence-electron chi connectivity index (χ0n) is 11.7. The number of rotatable bonds is 3. The molecule has 0 saturated heterocycles. The summed E-state index contributed by atoms with van der Waals surface area (Å²) in [5.41, 5.74) is 8.97. The largest absolute Gasteiger partial charge is 0.494 e. The van der Waals surface area contributed by atoms with Crippen LogP contribution in [0.3, 0.4) is 0 Å². The van der Waals surface area contributed by atoms with Gasteiger partial charge in [0.05, 0.1) is 12.1 Å². The minimum atomic E-state index is 0. The first kappa shape index (κ1) is 15.1. The van der Waals surface area contributed by atoms with E-state index in [1.807, 2.05) is 55.5 Å². The van der Waals surface area contributed by atoms with E-state index in [-0.39, 0.29) is 12.4 Å². The molecule has 2 aromatic carbocycles. The number of anilines is 1. The number of halogens is 1. The van der Waals surface area contributed by atoms with E-state index in [4.69, 9.17) is 10.5 Å². The van der Waals surface area contributed by atoms with Crippen LogP contribution >= 0.6 is 12.4 Å². The molecule has 0 fully saturated rings. The van der Waals surface area contributed by atoms with E-state index >= 15 is 0 Å². The Bertz CT molecular complexity index is 744. The fourth-order valence-corrected chi connectivity index (χ4v) is 2.27. The third-order valence-corrected chi connectivity index (χ3v) is 3.21. The van der Waals surface area contributed by atoms with Crippen molar-refractivity contribution < 1.29 is 4.74 Å². The highest BCUT2D eigenvalue weighted by atomic mass is 35.5. The van der Waals surface area contributed by atoms with Crippen molar-refractivity contribution in [2.75, 3.05) is 12.3 Å². The molecule has 3 nitrogen and oxygen atoms in total. The van der Waals surface area contributed by atoms with Gasteiger partial charge in [-0.05, 0) is 36.8 Å². The second-order valence-electron chi connectivity index (χ2n) is 4.57. The van der Waals surface area contributed by atoms with Crippen LogP contribution in [0.15, 0.2) is 54.6 Å². The molecule has 3 rings (SSSR count). The molecule has 0 aliphatic carbocycles. The summed E-state index contributed by atoms with van der Waals surface area (Å²) in [6.07, 6.45) is 0. The van der Waals surface area contributed by atoms with Crippen LogP contribution in [0, 0.1) is 0 Å². The molecule has 21 heavy (non-hydrogen) atoms. The minimum absolute atomic E-state index is 0. The van der Waals surface area contributed by atoms with Gasteiger partial charge in [0, 0.05) is 10.9 Å². The Hall–Kier alpha value is -2.26. The lowest BCUT2D eigenvalue weighted by Gasteiger charge is -2.09. The van der Waals surface area contributed by atoms with Gasteiger partial charge in [0.15, 0.2) is 0 Å². The predicted molar refractivity (Wildman–Crippen MR) is 90.0 cm³/mol. The molecular weight excluding hydrogens is 284 g/mol. The van der Waals surface area contributed by atoms with E-state index in [0.717, 1.165) is 27.8 Å². The van der Waals surface area contributed by atoms with Crippen molar-refractivity contribution in [3.8, 4) is 16.9 Å². The zero-order valence-corrected chi connectivity index (χ0v) is 12.6. The molecule has 0 unspecified atom stereocenters. The smallest absolute Gasteiger partial charge is 0.131 e. The van der Waals surface area contributed by atoms with Crippen molar-refractivity contribution in [2.24, 2.45) is 0 Å². The first-order chi connectivity index (χ1) is 9.78. The van der Waals surface area contributed by atoms with Crippen LogP contribution in [-0.4, -0.2) is 11.6 Å². The van der Waals surface area contributed by atoms with Crippen molar-refractivity contribution in [1.29, 1.82) is 0 Å². The van der Waals surface area contributed by atoms with Crippen LogP contribution in [0.1, 0.15) is 6.92 Å². The highest BCUT2D eigenvalue weighted by Gasteiger charge is 2.07. The van der Waals surface area contributed by atoms with Gasteiger partial charge in [0.2, 0.25) is 0 Å². The summed E-state index contributed by atoms with van der Waals surface area (Å²) in [5.74, 6) is 1.40. The summed E-state index contributed by atoms with van der Waals surface area (Å²) in [7, 11) is 0. The maximum atomic E-state index is 6.07. The fourth-order valence-electron chi connectivity index (χ4n) is 2.27. The van der Waals surface area contributed by atoms with Gasteiger partial charge < -0.3 is 10.5 Å². The van der Waals surface area contributed by atoms with Gasteiger partial charge in [-0.25, -0.2) is 4.98 Å². The third kappa shape index (κ3) is 3.09. The number of hydrogen-bond donors (Lipinski definition) is 1. The lowest BCUT2D eigenvalue weighted by atomic mass is 10.0. The lowest BCUT2D eigenvalue weighted by molar-refractivity contribution is 0.340. The summed E-state index contributed by atoms with van der Waals surface area (Å²) >= 11 is 0. The second kappa shape index (κ2) is 6.46. The van der Waals surface area contributed by atoms with E-state index in [1.165, 1.54) is 0 Å². The summed E-state index contributed by atoms with van der Waals surface area (Å²) in [6.45, 7) is 2.63. The van der Waals surface area contributed by atoms with Crippen LogP contribution in [0.25, 0.3) is 22.0 Å². The number of hydrogen-bond acceptors (Lipinski definition) is 3. The van der Waals surface area contributed by atoms with Crippen molar-refractivity contribution in [3.05, 3.63) is 54.6 Å². The molecule has 0 radical (unpaired) electrons. The van der Waals surface area contributed by atoms with E-state index in [2.05, 4.69) is 11.1 Å². The monoisotopic (exact) mass is 300 g/mol.